The SMILES string of the molecule is CC(C)(C(=N)N)S(=O)(=O)CC1COCc2ccc(NC=O)cc21.Cc1ccc(C#N)cn1. The van der Waals surface area contributed by atoms with Gasteiger partial charge >= 0.3 is 0 Å². The Balaban J connectivity index is 0.000000336. The van der Waals surface area contributed by atoms with Crippen LogP contribution in [0, 0.1) is 23.7 Å². The topological polar surface area (TPSA) is 159 Å². The highest BCUT2D eigenvalue weighted by Crippen LogP contribution is 2.32. The molecule has 32 heavy (non-hydrogen) atoms. The molecule has 2 heterocycles. The van der Waals surface area contributed by atoms with Crippen LogP contribution in [0.1, 0.15) is 42.1 Å². The molecule has 1 unspecified atom stereocenters. The highest BCUT2D eigenvalue weighted by molar-refractivity contribution is 7.93. The molecule has 0 saturated heterocycles. The molecule has 0 bridgehead atoms. The first kappa shape index (κ1) is 25.0. The molecule has 1 aromatic carbocycles. The predicted octanol–water partition coefficient (Wildman–Crippen LogP) is 2.26. The number of hydrogen-bond donors (Lipinski definition) is 3. The molecule has 4 N–H and O–H groups in total. The van der Waals surface area contributed by atoms with E-state index in [0.29, 0.717) is 24.3 Å². The molecule has 0 spiro atoms. The number of nitriles is 1. The predicted molar refractivity (Wildman–Crippen MR) is 122 cm³/mol. The van der Waals surface area contributed by atoms with Gasteiger partial charge in [0.25, 0.3) is 0 Å². The summed E-state index contributed by atoms with van der Waals surface area (Å²) in [6, 6.07) is 10.9. The number of nitrogens with zero attached hydrogens (tertiary/aromatic N) is 2. The number of nitrogens with one attached hydrogen (secondary N) is 2. The van der Waals surface area contributed by atoms with Crippen LogP contribution in [0.5, 0.6) is 0 Å². The summed E-state index contributed by atoms with van der Waals surface area (Å²) in [6.45, 7) is 5.43. The standard InChI is InChI=1S/C15H21N3O4S.C7H6N2/c1-15(2,14(16)17)23(20,21)8-11-7-22-6-10-3-4-12(18-9-19)5-13(10)11;1-6-2-3-7(4-8)5-9-6/h3-5,9,11H,6-8H2,1-2H3,(H3,16,17)(H,18,19);2-3,5H,1H3. The second kappa shape index (κ2) is 10.3. The molecule has 9 nitrogen and oxygen atoms in total. The van der Waals surface area contributed by atoms with Gasteiger partial charge in [-0.3, -0.25) is 15.2 Å². The van der Waals surface area contributed by atoms with E-state index < -0.39 is 14.6 Å². The number of nitrogens with two attached hydrogens (primary N) is 1. The first-order valence-corrected chi connectivity index (χ1v) is 11.5. The van der Waals surface area contributed by atoms with Crippen molar-refractivity contribution >= 4 is 27.8 Å². The first-order valence-electron chi connectivity index (χ1n) is 9.82. The molecule has 1 aliphatic heterocycles. The summed E-state index contributed by atoms with van der Waals surface area (Å²) in [5.41, 5.74) is 9.34. The second-order valence-corrected chi connectivity index (χ2v) is 10.5. The molecule has 1 atom stereocenters. The molecular weight excluding hydrogens is 430 g/mol. The van der Waals surface area contributed by atoms with Crippen LogP contribution in [0.2, 0.25) is 0 Å². The Hall–Kier alpha value is -3.29. The zero-order chi connectivity index (χ0) is 23.9. The number of sulfone groups is 1. The number of fused-ring (bicyclic) bond motifs is 1. The van der Waals surface area contributed by atoms with Crippen molar-refractivity contribution in [3.63, 3.8) is 0 Å². The summed E-state index contributed by atoms with van der Waals surface area (Å²) in [6.07, 6.45) is 2.14. The smallest absolute Gasteiger partial charge is 0.211 e. The van der Waals surface area contributed by atoms with Crippen molar-refractivity contribution in [3.8, 4) is 6.07 Å². The quantitative estimate of drug-likeness (QED) is 0.341. The second-order valence-electron chi connectivity index (χ2n) is 7.89. The number of amidine groups is 1. The largest absolute Gasteiger partial charge is 0.386 e. The van der Waals surface area contributed by atoms with Gasteiger partial charge in [0.15, 0.2) is 9.84 Å². The Morgan fingerprint density at radius 1 is 1.41 bits per heavy atom. The fourth-order valence-electron chi connectivity index (χ4n) is 2.98. The van der Waals surface area contributed by atoms with Gasteiger partial charge in [0, 0.05) is 23.5 Å². The molecule has 1 aliphatic rings. The number of anilines is 1. The summed E-state index contributed by atoms with van der Waals surface area (Å²) in [5, 5.41) is 18.4. The van der Waals surface area contributed by atoms with Gasteiger partial charge in [0.1, 0.15) is 16.7 Å². The highest BCUT2D eigenvalue weighted by atomic mass is 32.2. The van der Waals surface area contributed by atoms with Crippen LogP contribution in [0.3, 0.4) is 0 Å². The molecule has 1 amide bonds. The van der Waals surface area contributed by atoms with Crippen molar-refractivity contribution in [2.75, 3.05) is 17.7 Å². The minimum absolute atomic E-state index is 0.170. The molecule has 0 radical (unpaired) electrons. The summed E-state index contributed by atoms with van der Waals surface area (Å²) in [5.74, 6) is -0.918. The van der Waals surface area contributed by atoms with Crippen LogP contribution >= 0.6 is 0 Å². The molecule has 0 fully saturated rings. The Labute approximate surface area is 188 Å². The first-order chi connectivity index (χ1) is 15.0. The lowest BCUT2D eigenvalue weighted by molar-refractivity contribution is -0.105. The number of carbonyl (C=O) groups is 1. The third-order valence-corrected chi connectivity index (χ3v) is 7.89. The lowest BCUT2D eigenvalue weighted by Gasteiger charge is -2.30. The van der Waals surface area contributed by atoms with Gasteiger partial charge in [-0.05, 0) is 56.2 Å². The molecule has 1 aromatic heterocycles. The molecule has 10 heteroatoms. The molecule has 170 valence electrons. The zero-order valence-corrected chi connectivity index (χ0v) is 19.1. The van der Waals surface area contributed by atoms with Gasteiger partial charge in [0.05, 0.1) is 24.5 Å². The molecule has 0 aliphatic carbocycles. The van der Waals surface area contributed by atoms with Gasteiger partial charge < -0.3 is 15.8 Å². The van der Waals surface area contributed by atoms with Gasteiger partial charge in [-0.1, -0.05) is 6.07 Å². The normalized spacial score (nSPS) is 15.4. The summed E-state index contributed by atoms with van der Waals surface area (Å²) >= 11 is 0. The van der Waals surface area contributed by atoms with Gasteiger partial charge in [0.2, 0.25) is 6.41 Å². The number of aromatic nitrogens is 1. The van der Waals surface area contributed by atoms with Crippen LogP contribution in [-0.2, 0) is 26.0 Å². The Morgan fingerprint density at radius 2 is 2.12 bits per heavy atom. The third kappa shape index (κ3) is 5.90. The maximum Gasteiger partial charge on any atom is 0.211 e. The maximum atomic E-state index is 12.6. The molecule has 0 saturated carbocycles. The minimum atomic E-state index is -3.65. The van der Waals surface area contributed by atoms with Crippen molar-refractivity contribution in [2.45, 2.75) is 38.0 Å². The fourth-order valence-corrected chi connectivity index (χ4v) is 4.53. The minimum Gasteiger partial charge on any atom is -0.386 e. The van der Waals surface area contributed by atoms with Crippen molar-refractivity contribution < 1.29 is 17.9 Å². The molecule has 3 rings (SSSR count). The van der Waals surface area contributed by atoms with E-state index in [0.717, 1.165) is 16.8 Å². The van der Waals surface area contributed by atoms with Gasteiger partial charge in [-0.15, -0.1) is 0 Å². The summed E-state index contributed by atoms with van der Waals surface area (Å²) in [4.78, 5) is 14.5. The number of hydrogen-bond acceptors (Lipinski definition) is 7. The van der Waals surface area contributed by atoms with Gasteiger partial charge in [-0.2, -0.15) is 5.26 Å². The maximum absolute atomic E-state index is 12.6. The fraction of sp³-hybridized carbons (Fsp3) is 0.364. The van der Waals surface area contributed by atoms with Crippen LogP contribution in [0.25, 0.3) is 0 Å². The van der Waals surface area contributed by atoms with Crippen LogP contribution < -0.4 is 11.1 Å². The number of pyridine rings is 1. The number of ether oxygens (including phenoxy) is 1. The Morgan fingerprint density at radius 3 is 2.69 bits per heavy atom. The third-order valence-electron chi connectivity index (χ3n) is 5.28. The highest BCUT2D eigenvalue weighted by Gasteiger charge is 2.40. The number of carbonyl (C=O) groups excluding carboxylic acids is 1. The lowest BCUT2D eigenvalue weighted by atomic mass is 9.94. The van der Waals surface area contributed by atoms with E-state index >= 15 is 0 Å². The Kier molecular flexibility index (Phi) is 8.08. The van der Waals surface area contributed by atoms with Crippen LogP contribution in [-0.4, -0.2) is 42.8 Å². The van der Waals surface area contributed by atoms with Gasteiger partial charge in [-0.25, -0.2) is 8.42 Å². The summed E-state index contributed by atoms with van der Waals surface area (Å²) in [7, 11) is -3.65. The van der Waals surface area contributed by atoms with E-state index in [-0.39, 0.29) is 24.1 Å². The molecular formula is C22H27N5O4S. The lowest BCUT2D eigenvalue weighted by Crippen LogP contribution is -2.47. The van der Waals surface area contributed by atoms with Crippen molar-refractivity contribution in [3.05, 3.63) is 58.9 Å². The van der Waals surface area contributed by atoms with E-state index in [2.05, 4.69) is 10.3 Å². The molecule has 2 aromatic rings. The van der Waals surface area contributed by atoms with E-state index in [4.69, 9.17) is 21.1 Å². The number of rotatable bonds is 6. The average Bonchev–Trinajstić information content (AvgIpc) is 2.75. The van der Waals surface area contributed by atoms with Crippen molar-refractivity contribution in [1.82, 2.24) is 4.98 Å². The van der Waals surface area contributed by atoms with Crippen LogP contribution in [0.4, 0.5) is 5.69 Å². The van der Waals surface area contributed by atoms with E-state index in [1.54, 1.807) is 24.4 Å². The number of benzene rings is 1. The van der Waals surface area contributed by atoms with E-state index in [1.807, 2.05) is 25.1 Å². The van der Waals surface area contributed by atoms with E-state index in [1.165, 1.54) is 13.8 Å². The van der Waals surface area contributed by atoms with Crippen molar-refractivity contribution in [1.29, 1.82) is 10.7 Å². The zero-order valence-electron chi connectivity index (χ0n) is 18.3. The number of aryl methyl sites for hydroxylation is 1. The Bertz CT molecular complexity index is 1120. The van der Waals surface area contributed by atoms with Crippen molar-refractivity contribution in [2.24, 2.45) is 5.73 Å². The number of amides is 1. The summed E-state index contributed by atoms with van der Waals surface area (Å²) < 4.78 is 29.3. The monoisotopic (exact) mass is 457 g/mol. The van der Waals surface area contributed by atoms with E-state index in [9.17, 15) is 13.2 Å². The average molecular weight is 458 g/mol. The van der Waals surface area contributed by atoms with Crippen LogP contribution in [0.15, 0.2) is 36.5 Å².